The highest BCUT2D eigenvalue weighted by atomic mass is 16.5. The van der Waals surface area contributed by atoms with Crippen molar-refractivity contribution in [1.29, 1.82) is 0 Å². The van der Waals surface area contributed by atoms with Gasteiger partial charge in [0.25, 0.3) is 0 Å². The number of esters is 1. The predicted molar refractivity (Wildman–Crippen MR) is 86.8 cm³/mol. The van der Waals surface area contributed by atoms with E-state index in [9.17, 15) is 4.79 Å². The van der Waals surface area contributed by atoms with Crippen molar-refractivity contribution < 1.29 is 9.53 Å². The molecule has 0 spiro atoms. The van der Waals surface area contributed by atoms with Crippen LogP contribution in [-0.2, 0) is 9.53 Å². The topological polar surface area (TPSA) is 26.3 Å². The SMILES string of the molecule is CC/C=C/C=C/CCCCCCCCCC(=O)OCC. The van der Waals surface area contributed by atoms with E-state index in [2.05, 4.69) is 31.2 Å². The summed E-state index contributed by atoms with van der Waals surface area (Å²) in [6.07, 6.45) is 20.2. The van der Waals surface area contributed by atoms with Crippen molar-refractivity contribution in [3.05, 3.63) is 24.3 Å². The third-order valence-corrected chi connectivity index (χ3v) is 3.18. The second-order valence-electron chi connectivity index (χ2n) is 5.08. The lowest BCUT2D eigenvalue weighted by Crippen LogP contribution is -2.03. The number of allylic oxidation sites excluding steroid dienone is 4. The molecule has 0 aliphatic rings. The van der Waals surface area contributed by atoms with Gasteiger partial charge in [-0.25, -0.2) is 0 Å². The Morgan fingerprint density at radius 1 is 0.850 bits per heavy atom. The highest BCUT2D eigenvalue weighted by Crippen LogP contribution is 2.10. The van der Waals surface area contributed by atoms with Gasteiger partial charge in [0, 0.05) is 6.42 Å². The predicted octanol–water partition coefficient (Wildman–Crippen LogP) is 5.58. The molecular formula is C18H32O2. The lowest BCUT2D eigenvalue weighted by Gasteiger charge is -2.02. The zero-order valence-corrected chi connectivity index (χ0v) is 13.4. The molecule has 0 saturated carbocycles. The summed E-state index contributed by atoms with van der Waals surface area (Å²) in [5.41, 5.74) is 0. The van der Waals surface area contributed by atoms with E-state index < -0.39 is 0 Å². The van der Waals surface area contributed by atoms with Gasteiger partial charge in [-0.1, -0.05) is 63.3 Å². The molecule has 2 nitrogen and oxygen atoms in total. The van der Waals surface area contributed by atoms with Crippen LogP contribution in [0, 0.1) is 0 Å². The molecule has 0 amide bonds. The number of ether oxygens (including phenoxy) is 1. The molecule has 0 rings (SSSR count). The van der Waals surface area contributed by atoms with E-state index in [1.165, 1.54) is 38.5 Å². The molecule has 20 heavy (non-hydrogen) atoms. The third-order valence-electron chi connectivity index (χ3n) is 3.18. The van der Waals surface area contributed by atoms with Gasteiger partial charge < -0.3 is 4.74 Å². The first-order valence-electron chi connectivity index (χ1n) is 8.28. The minimum atomic E-state index is -0.0450. The van der Waals surface area contributed by atoms with Gasteiger partial charge in [-0.3, -0.25) is 4.79 Å². The average molecular weight is 280 g/mol. The second-order valence-corrected chi connectivity index (χ2v) is 5.08. The molecule has 0 heterocycles. The van der Waals surface area contributed by atoms with Gasteiger partial charge >= 0.3 is 5.97 Å². The summed E-state index contributed by atoms with van der Waals surface area (Å²) in [5.74, 6) is -0.0450. The van der Waals surface area contributed by atoms with E-state index in [4.69, 9.17) is 4.74 Å². The molecule has 0 aromatic heterocycles. The van der Waals surface area contributed by atoms with Crippen LogP contribution in [0.5, 0.6) is 0 Å². The Morgan fingerprint density at radius 2 is 1.45 bits per heavy atom. The van der Waals surface area contributed by atoms with E-state index >= 15 is 0 Å². The number of hydrogen-bond donors (Lipinski definition) is 0. The highest BCUT2D eigenvalue weighted by molar-refractivity contribution is 5.69. The number of rotatable bonds is 13. The Morgan fingerprint density at radius 3 is 2.10 bits per heavy atom. The van der Waals surface area contributed by atoms with Gasteiger partial charge in [0.1, 0.15) is 0 Å². The lowest BCUT2D eigenvalue weighted by molar-refractivity contribution is -0.143. The lowest BCUT2D eigenvalue weighted by atomic mass is 10.1. The van der Waals surface area contributed by atoms with Crippen LogP contribution in [0.15, 0.2) is 24.3 Å². The van der Waals surface area contributed by atoms with Gasteiger partial charge in [0.15, 0.2) is 0 Å². The fourth-order valence-electron chi connectivity index (χ4n) is 2.04. The molecule has 2 heteroatoms. The monoisotopic (exact) mass is 280 g/mol. The maximum Gasteiger partial charge on any atom is 0.305 e. The molecule has 0 saturated heterocycles. The summed E-state index contributed by atoms with van der Waals surface area (Å²) < 4.78 is 4.90. The van der Waals surface area contributed by atoms with Crippen molar-refractivity contribution in [2.24, 2.45) is 0 Å². The molecule has 0 bridgehead atoms. The van der Waals surface area contributed by atoms with Crippen molar-refractivity contribution in [1.82, 2.24) is 0 Å². The summed E-state index contributed by atoms with van der Waals surface area (Å²) in [4.78, 5) is 11.1. The number of carbonyl (C=O) groups is 1. The average Bonchev–Trinajstić information content (AvgIpc) is 2.44. The van der Waals surface area contributed by atoms with Gasteiger partial charge in [0.2, 0.25) is 0 Å². The van der Waals surface area contributed by atoms with Gasteiger partial charge in [-0.2, -0.15) is 0 Å². The fourth-order valence-corrected chi connectivity index (χ4v) is 2.04. The molecule has 0 aromatic rings. The Labute approximate surface area is 125 Å². The van der Waals surface area contributed by atoms with Crippen LogP contribution >= 0.6 is 0 Å². The van der Waals surface area contributed by atoms with E-state index in [0.717, 1.165) is 19.3 Å². The van der Waals surface area contributed by atoms with E-state index in [-0.39, 0.29) is 5.97 Å². The van der Waals surface area contributed by atoms with Crippen LogP contribution in [0.3, 0.4) is 0 Å². The minimum Gasteiger partial charge on any atom is -0.466 e. The zero-order chi connectivity index (χ0) is 14.9. The van der Waals surface area contributed by atoms with E-state index in [1.807, 2.05) is 6.92 Å². The van der Waals surface area contributed by atoms with E-state index in [0.29, 0.717) is 13.0 Å². The third kappa shape index (κ3) is 15.0. The van der Waals surface area contributed by atoms with Crippen LogP contribution in [0.4, 0.5) is 0 Å². The number of hydrogen-bond acceptors (Lipinski definition) is 2. The standard InChI is InChI=1S/C18H32O2/c1-3-5-6-7-8-9-10-11-12-13-14-15-16-17-18(19)20-4-2/h5-8H,3-4,9-17H2,1-2H3/b6-5+,8-7+. The fraction of sp³-hybridized carbons (Fsp3) is 0.722. The van der Waals surface area contributed by atoms with Crippen LogP contribution < -0.4 is 0 Å². The van der Waals surface area contributed by atoms with Gasteiger partial charge in [-0.05, 0) is 32.6 Å². The Hall–Kier alpha value is -1.05. The highest BCUT2D eigenvalue weighted by Gasteiger charge is 2.00. The van der Waals surface area contributed by atoms with Crippen LogP contribution in [0.1, 0.15) is 78.1 Å². The molecule has 0 aromatic carbocycles. The van der Waals surface area contributed by atoms with Crippen molar-refractivity contribution in [2.45, 2.75) is 78.1 Å². The summed E-state index contributed by atoms with van der Waals surface area (Å²) >= 11 is 0. The molecular weight excluding hydrogens is 248 g/mol. The Bertz CT molecular complexity index is 267. The Kier molecular flexibility index (Phi) is 15.2. The molecule has 0 atom stereocenters. The maximum atomic E-state index is 11.1. The zero-order valence-electron chi connectivity index (χ0n) is 13.4. The summed E-state index contributed by atoms with van der Waals surface area (Å²) in [6.45, 7) is 4.51. The summed E-state index contributed by atoms with van der Waals surface area (Å²) in [6, 6.07) is 0. The molecule has 0 N–H and O–H groups in total. The quantitative estimate of drug-likeness (QED) is 0.250. The molecule has 0 fully saturated rings. The van der Waals surface area contributed by atoms with E-state index in [1.54, 1.807) is 0 Å². The van der Waals surface area contributed by atoms with Crippen molar-refractivity contribution >= 4 is 5.97 Å². The van der Waals surface area contributed by atoms with Crippen molar-refractivity contribution in [2.75, 3.05) is 6.61 Å². The molecule has 116 valence electrons. The van der Waals surface area contributed by atoms with Gasteiger partial charge in [-0.15, -0.1) is 0 Å². The number of unbranched alkanes of at least 4 members (excludes halogenated alkanes) is 7. The first-order valence-corrected chi connectivity index (χ1v) is 8.28. The molecule has 0 unspecified atom stereocenters. The normalized spacial score (nSPS) is 11.5. The maximum absolute atomic E-state index is 11.1. The first-order chi connectivity index (χ1) is 9.81. The summed E-state index contributed by atoms with van der Waals surface area (Å²) in [5, 5.41) is 0. The summed E-state index contributed by atoms with van der Waals surface area (Å²) in [7, 11) is 0. The minimum absolute atomic E-state index is 0.0450. The second kappa shape index (κ2) is 16.0. The molecule has 0 aliphatic heterocycles. The van der Waals surface area contributed by atoms with Crippen LogP contribution in [-0.4, -0.2) is 12.6 Å². The smallest absolute Gasteiger partial charge is 0.305 e. The van der Waals surface area contributed by atoms with Crippen molar-refractivity contribution in [3.8, 4) is 0 Å². The van der Waals surface area contributed by atoms with Gasteiger partial charge in [0.05, 0.1) is 6.61 Å². The van der Waals surface area contributed by atoms with Crippen molar-refractivity contribution in [3.63, 3.8) is 0 Å². The van der Waals surface area contributed by atoms with Crippen LogP contribution in [0.2, 0.25) is 0 Å². The van der Waals surface area contributed by atoms with Crippen LogP contribution in [0.25, 0.3) is 0 Å². The number of carbonyl (C=O) groups excluding carboxylic acids is 1. The Balaban J connectivity index is 3.15. The molecule has 0 radical (unpaired) electrons. The largest absolute Gasteiger partial charge is 0.466 e. The first kappa shape index (κ1) is 18.9. The molecule has 0 aliphatic carbocycles.